The van der Waals surface area contributed by atoms with Crippen LogP contribution >= 0.6 is 0 Å². The highest BCUT2D eigenvalue weighted by molar-refractivity contribution is 5.95. The van der Waals surface area contributed by atoms with Gasteiger partial charge in [-0.15, -0.1) is 0 Å². The summed E-state index contributed by atoms with van der Waals surface area (Å²) in [4.78, 5) is 14.5. The van der Waals surface area contributed by atoms with Crippen molar-refractivity contribution in [2.24, 2.45) is 0 Å². The number of hydrogen-bond donors (Lipinski definition) is 0. The summed E-state index contributed by atoms with van der Waals surface area (Å²) >= 11 is 0. The fourth-order valence-corrected chi connectivity index (χ4v) is 3.10. The molecular formula is C20H21F2NO2. The number of rotatable bonds is 4. The van der Waals surface area contributed by atoms with Gasteiger partial charge in [0.2, 0.25) is 0 Å². The van der Waals surface area contributed by atoms with Gasteiger partial charge in [0.1, 0.15) is 11.6 Å². The highest BCUT2D eigenvalue weighted by Gasteiger charge is 2.25. The molecule has 0 radical (unpaired) electrons. The summed E-state index contributed by atoms with van der Waals surface area (Å²) in [5.74, 6) is -0.978. The molecular weight excluding hydrogens is 324 g/mol. The lowest BCUT2D eigenvalue weighted by atomic mass is 10.0. The molecule has 1 aliphatic heterocycles. The molecule has 0 spiro atoms. The van der Waals surface area contributed by atoms with Crippen LogP contribution in [-0.2, 0) is 11.3 Å². The molecule has 1 fully saturated rings. The first kappa shape index (κ1) is 17.5. The molecule has 132 valence electrons. The molecule has 1 aliphatic rings. The predicted molar refractivity (Wildman–Crippen MR) is 91.3 cm³/mol. The zero-order valence-electron chi connectivity index (χ0n) is 14.2. The molecule has 1 saturated heterocycles. The third kappa shape index (κ3) is 4.23. The van der Waals surface area contributed by atoms with Gasteiger partial charge in [0.05, 0.1) is 12.7 Å². The number of halogens is 2. The second-order valence-corrected chi connectivity index (χ2v) is 6.38. The summed E-state index contributed by atoms with van der Waals surface area (Å²) in [5.41, 5.74) is 1.83. The summed E-state index contributed by atoms with van der Waals surface area (Å²) in [6, 6.07) is 10.8. The number of nitrogens with zero attached hydrogens (tertiary/aromatic N) is 1. The van der Waals surface area contributed by atoms with Gasteiger partial charge in [0, 0.05) is 24.2 Å². The van der Waals surface area contributed by atoms with Gasteiger partial charge in [-0.2, -0.15) is 0 Å². The minimum absolute atomic E-state index is 0.000650. The van der Waals surface area contributed by atoms with Gasteiger partial charge < -0.3 is 9.64 Å². The first-order valence-electron chi connectivity index (χ1n) is 8.45. The number of carbonyl (C=O) groups is 1. The Balaban J connectivity index is 1.62. The summed E-state index contributed by atoms with van der Waals surface area (Å²) < 4.78 is 32.7. The molecule has 2 aromatic rings. The lowest BCUT2D eigenvalue weighted by molar-refractivity contribution is -0.00771. The van der Waals surface area contributed by atoms with Crippen LogP contribution in [0.15, 0.2) is 42.5 Å². The Labute approximate surface area is 146 Å². The summed E-state index contributed by atoms with van der Waals surface area (Å²) in [6.07, 6.45) is 1.45. The number of likely N-dealkylation sites (tertiary alicyclic amines) is 1. The molecule has 5 heteroatoms. The third-order valence-corrected chi connectivity index (χ3v) is 4.52. The summed E-state index contributed by atoms with van der Waals surface area (Å²) in [5, 5.41) is 0. The van der Waals surface area contributed by atoms with E-state index in [0.717, 1.165) is 36.6 Å². The maximum atomic E-state index is 13.7. The minimum Gasteiger partial charge on any atom is -0.372 e. The van der Waals surface area contributed by atoms with Crippen molar-refractivity contribution in [1.82, 2.24) is 4.90 Å². The number of carbonyl (C=O) groups excluding carboxylic acids is 1. The van der Waals surface area contributed by atoms with Crippen molar-refractivity contribution < 1.29 is 18.3 Å². The maximum absolute atomic E-state index is 13.7. The Morgan fingerprint density at radius 1 is 1.24 bits per heavy atom. The Kier molecular flexibility index (Phi) is 5.43. The van der Waals surface area contributed by atoms with Crippen molar-refractivity contribution in [1.29, 1.82) is 0 Å². The SMILES string of the molecule is Cc1ccccc1C(=O)N1CCC[C@H](OCc2cc(F)ccc2F)C1. The third-order valence-electron chi connectivity index (χ3n) is 4.52. The molecule has 3 rings (SSSR count). The first-order chi connectivity index (χ1) is 12.0. The normalized spacial score (nSPS) is 17.6. The van der Waals surface area contributed by atoms with Gasteiger partial charge in [-0.1, -0.05) is 18.2 Å². The van der Waals surface area contributed by atoms with Crippen molar-refractivity contribution in [3.63, 3.8) is 0 Å². The molecule has 0 N–H and O–H groups in total. The molecule has 0 bridgehead atoms. The molecule has 3 nitrogen and oxygen atoms in total. The summed E-state index contributed by atoms with van der Waals surface area (Å²) in [6.45, 7) is 3.06. The first-order valence-corrected chi connectivity index (χ1v) is 8.45. The van der Waals surface area contributed by atoms with Crippen molar-refractivity contribution in [3.8, 4) is 0 Å². The molecule has 0 unspecified atom stereocenters. The number of amides is 1. The van der Waals surface area contributed by atoms with Crippen molar-refractivity contribution in [3.05, 3.63) is 70.8 Å². The molecule has 1 amide bonds. The van der Waals surface area contributed by atoms with Crippen LogP contribution < -0.4 is 0 Å². The van der Waals surface area contributed by atoms with Gasteiger partial charge in [0.15, 0.2) is 0 Å². The second kappa shape index (κ2) is 7.74. The van der Waals surface area contributed by atoms with E-state index in [4.69, 9.17) is 4.74 Å². The molecule has 0 aliphatic carbocycles. The fraction of sp³-hybridized carbons (Fsp3) is 0.350. The van der Waals surface area contributed by atoms with Crippen LogP contribution in [0, 0.1) is 18.6 Å². The van der Waals surface area contributed by atoms with E-state index in [1.165, 1.54) is 0 Å². The van der Waals surface area contributed by atoms with Crippen molar-refractivity contribution in [2.75, 3.05) is 13.1 Å². The van der Waals surface area contributed by atoms with Crippen LogP contribution in [0.3, 0.4) is 0 Å². The van der Waals surface area contributed by atoms with E-state index in [-0.39, 0.29) is 24.2 Å². The van der Waals surface area contributed by atoms with E-state index in [2.05, 4.69) is 0 Å². The highest BCUT2D eigenvalue weighted by Crippen LogP contribution is 2.20. The molecule has 0 aromatic heterocycles. The van der Waals surface area contributed by atoms with E-state index >= 15 is 0 Å². The van der Waals surface area contributed by atoms with Crippen LogP contribution in [-0.4, -0.2) is 30.0 Å². The monoisotopic (exact) mass is 345 g/mol. The maximum Gasteiger partial charge on any atom is 0.254 e. The second-order valence-electron chi connectivity index (χ2n) is 6.38. The Hall–Kier alpha value is -2.27. The number of piperidine rings is 1. The van der Waals surface area contributed by atoms with E-state index in [9.17, 15) is 13.6 Å². The Morgan fingerprint density at radius 2 is 2.04 bits per heavy atom. The number of hydrogen-bond acceptors (Lipinski definition) is 2. The van der Waals surface area contributed by atoms with E-state index < -0.39 is 11.6 Å². The van der Waals surface area contributed by atoms with Crippen LogP contribution in [0.25, 0.3) is 0 Å². The molecule has 1 atom stereocenters. The largest absolute Gasteiger partial charge is 0.372 e. The van der Waals surface area contributed by atoms with E-state index in [1.807, 2.05) is 31.2 Å². The topological polar surface area (TPSA) is 29.5 Å². The lowest BCUT2D eigenvalue weighted by Gasteiger charge is -2.33. The molecule has 1 heterocycles. The van der Waals surface area contributed by atoms with Crippen LogP contribution in [0.4, 0.5) is 8.78 Å². The van der Waals surface area contributed by atoms with Crippen molar-refractivity contribution in [2.45, 2.75) is 32.5 Å². The molecule has 25 heavy (non-hydrogen) atoms. The van der Waals surface area contributed by atoms with Crippen LogP contribution in [0.2, 0.25) is 0 Å². The molecule has 0 saturated carbocycles. The van der Waals surface area contributed by atoms with Gasteiger partial charge >= 0.3 is 0 Å². The fourth-order valence-electron chi connectivity index (χ4n) is 3.10. The van der Waals surface area contributed by atoms with E-state index in [1.54, 1.807) is 4.90 Å². The standard InChI is InChI=1S/C20H21F2NO2/c1-14-5-2-3-7-18(14)20(24)23-10-4-6-17(12-23)25-13-15-11-16(21)8-9-19(15)22/h2-3,5,7-9,11,17H,4,6,10,12-13H2,1H3/t17-/m0/s1. The summed E-state index contributed by atoms with van der Waals surface area (Å²) in [7, 11) is 0. The Morgan fingerprint density at radius 3 is 2.84 bits per heavy atom. The van der Waals surface area contributed by atoms with E-state index in [0.29, 0.717) is 18.7 Å². The zero-order chi connectivity index (χ0) is 17.8. The zero-order valence-corrected chi connectivity index (χ0v) is 14.2. The smallest absolute Gasteiger partial charge is 0.254 e. The highest BCUT2D eigenvalue weighted by atomic mass is 19.1. The number of ether oxygens (including phenoxy) is 1. The van der Waals surface area contributed by atoms with Gasteiger partial charge in [-0.3, -0.25) is 4.79 Å². The van der Waals surface area contributed by atoms with Crippen LogP contribution in [0.1, 0.15) is 34.3 Å². The quantitative estimate of drug-likeness (QED) is 0.835. The number of aryl methyl sites for hydroxylation is 1. The molecule has 2 aromatic carbocycles. The predicted octanol–water partition coefficient (Wildman–Crippen LogP) is 4.09. The van der Waals surface area contributed by atoms with Gasteiger partial charge in [-0.05, 0) is 49.6 Å². The van der Waals surface area contributed by atoms with Gasteiger partial charge in [-0.25, -0.2) is 8.78 Å². The average molecular weight is 345 g/mol. The average Bonchev–Trinajstić information content (AvgIpc) is 2.62. The van der Waals surface area contributed by atoms with Crippen molar-refractivity contribution >= 4 is 5.91 Å². The van der Waals surface area contributed by atoms with Crippen LogP contribution in [0.5, 0.6) is 0 Å². The van der Waals surface area contributed by atoms with Gasteiger partial charge in [0.25, 0.3) is 5.91 Å². The Bertz CT molecular complexity index is 763. The number of benzene rings is 2. The lowest BCUT2D eigenvalue weighted by Crippen LogP contribution is -2.43. The minimum atomic E-state index is -0.486.